The Hall–Kier alpha value is -2.41. The van der Waals surface area contributed by atoms with Gasteiger partial charge in [0.15, 0.2) is 0 Å². The molecule has 1 saturated heterocycles. The summed E-state index contributed by atoms with van der Waals surface area (Å²) in [7, 11) is 1.76. The first kappa shape index (κ1) is 25.7. The molecule has 1 amide bonds. The summed E-state index contributed by atoms with van der Waals surface area (Å²) in [5.41, 5.74) is 0.413. The van der Waals surface area contributed by atoms with Crippen LogP contribution in [-0.2, 0) is 11.2 Å². The van der Waals surface area contributed by atoms with Crippen LogP contribution < -0.4 is 9.64 Å². The normalized spacial score (nSPS) is 20.2. The smallest absolute Gasteiger partial charge is 0.226 e. The van der Waals surface area contributed by atoms with Gasteiger partial charge >= 0.3 is 0 Å². The number of ether oxygens (including phenoxy) is 1. The summed E-state index contributed by atoms with van der Waals surface area (Å²) in [5, 5.41) is 0.561. The molecule has 1 saturated carbocycles. The summed E-state index contributed by atoms with van der Waals surface area (Å²) >= 11 is 5.89. The number of likely N-dealkylation sites (N-methyl/N-ethyl adjacent to an activating group) is 1. The topological polar surface area (TPSA) is 58.6 Å². The molecule has 2 fully saturated rings. The van der Waals surface area contributed by atoms with Gasteiger partial charge in [0.1, 0.15) is 11.6 Å². The zero-order valence-corrected chi connectivity index (χ0v) is 21.7. The van der Waals surface area contributed by atoms with Crippen LogP contribution in [0.5, 0.6) is 5.75 Å². The first-order chi connectivity index (χ1) is 16.8. The Labute approximate surface area is 212 Å². The Morgan fingerprint density at radius 2 is 1.97 bits per heavy atom. The van der Waals surface area contributed by atoms with Crippen LogP contribution >= 0.6 is 11.6 Å². The van der Waals surface area contributed by atoms with Gasteiger partial charge in [0.05, 0.1) is 30.4 Å². The summed E-state index contributed by atoms with van der Waals surface area (Å²) in [6, 6.07) is 4.85. The predicted molar refractivity (Wildman–Crippen MR) is 136 cm³/mol. The predicted octanol–water partition coefficient (Wildman–Crippen LogP) is 5.25. The Kier molecular flexibility index (Phi) is 8.47. The standard InChI is InChI=1S/C27H36ClFN4O2/c1-18(2)17-32(3)26(34)13-21-4-5-23(14-25(21)29)35-11-8-20-12-24(20)19-6-9-33(10-7-19)27-30-15-22(28)16-31-27/h4-5,14-16,18-20,24H,6-13,17H2,1-3H3. The molecule has 1 aliphatic carbocycles. The lowest BCUT2D eigenvalue weighted by Gasteiger charge is -2.32. The molecule has 8 heteroatoms. The van der Waals surface area contributed by atoms with E-state index in [0.717, 1.165) is 50.1 Å². The average Bonchev–Trinajstić information content (AvgIpc) is 3.60. The second kappa shape index (κ2) is 11.5. The minimum atomic E-state index is -0.380. The van der Waals surface area contributed by atoms with Crippen LogP contribution in [0.1, 0.15) is 45.1 Å². The number of aromatic nitrogens is 2. The van der Waals surface area contributed by atoms with Crippen molar-refractivity contribution in [3.8, 4) is 5.75 Å². The van der Waals surface area contributed by atoms with Crippen LogP contribution in [0.2, 0.25) is 5.02 Å². The van der Waals surface area contributed by atoms with Crippen LogP contribution in [0.15, 0.2) is 30.6 Å². The zero-order chi connectivity index (χ0) is 24.9. The zero-order valence-electron chi connectivity index (χ0n) is 20.9. The molecule has 2 atom stereocenters. The maximum Gasteiger partial charge on any atom is 0.226 e. The number of carbonyl (C=O) groups excluding carboxylic acids is 1. The maximum atomic E-state index is 14.5. The fourth-order valence-electron chi connectivity index (χ4n) is 5.21. The molecule has 2 unspecified atom stereocenters. The number of anilines is 1. The van der Waals surface area contributed by atoms with Crippen molar-refractivity contribution in [2.75, 3.05) is 38.2 Å². The van der Waals surface area contributed by atoms with Gasteiger partial charge < -0.3 is 14.5 Å². The summed E-state index contributed by atoms with van der Waals surface area (Å²) in [6.07, 6.45) is 7.94. The van der Waals surface area contributed by atoms with Gasteiger partial charge in [-0.1, -0.05) is 31.5 Å². The van der Waals surface area contributed by atoms with Crippen molar-refractivity contribution in [1.29, 1.82) is 0 Å². The molecule has 0 radical (unpaired) electrons. The van der Waals surface area contributed by atoms with Gasteiger partial charge in [0, 0.05) is 32.7 Å². The molecule has 1 aromatic heterocycles. The van der Waals surface area contributed by atoms with E-state index in [1.807, 2.05) is 0 Å². The molecule has 2 heterocycles. The van der Waals surface area contributed by atoms with Crippen LogP contribution in [0, 0.1) is 29.5 Å². The number of halogens is 2. The number of nitrogens with zero attached hydrogens (tertiary/aromatic N) is 4. The fourth-order valence-corrected chi connectivity index (χ4v) is 5.31. The molecule has 4 rings (SSSR count). The van der Waals surface area contributed by atoms with E-state index >= 15 is 0 Å². The highest BCUT2D eigenvalue weighted by molar-refractivity contribution is 6.30. The van der Waals surface area contributed by atoms with Crippen molar-refractivity contribution in [2.45, 2.75) is 46.0 Å². The van der Waals surface area contributed by atoms with Crippen LogP contribution in [-0.4, -0.2) is 54.1 Å². The molecule has 1 aliphatic heterocycles. The molecule has 6 nitrogen and oxygen atoms in total. The lowest BCUT2D eigenvalue weighted by Crippen LogP contribution is -2.35. The van der Waals surface area contributed by atoms with Gasteiger partial charge in [-0.25, -0.2) is 14.4 Å². The monoisotopic (exact) mass is 502 g/mol. The van der Waals surface area contributed by atoms with E-state index < -0.39 is 0 Å². The first-order valence-corrected chi connectivity index (χ1v) is 13.1. The third kappa shape index (κ3) is 7.06. The Balaban J connectivity index is 1.16. The Morgan fingerprint density at radius 1 is 1.26 bits per heavy atom. The van der Waals surface area contributed by atoms with Crippen molar-refractivity contribution in [1.82, 2.24) is 14.9 Å². The van der Waals surface area contributed by atoms with E-state index in [9.17, 15) is 9.18 Å². The van der Waals surface area contributed by atoms with Crippen molar-refractivity contribution in [3.63, 3.8) is 0 Å². The average molecular weight is 503 g/mol. The molecular formula is C27H36ClFN4O2. The molecule has 2 aromatic rings. The van der Waals surface area contributed by atoms with Gasteiger partial charge in [-0.2, -0.15) is 0 Å². The van der Waals surface area contributed by atoms with Crippen molar-refractivity contribution in [2.24, 2.45) is 23.7 Å². The SMILES string of the molecule is CC(C)CN(C)C(=O)Cc1ccc(OCCC2CC2C2CCN(c3ncc(Cl)cn3)CC2)cc1F. The Bertz CT molecular complexity index is 995. The minimum absolute atomic E-state index is 0.0715. The van der Waals surface area contributed by atoms with E-state index in [2.05, 4.69) is 28.7 Å². The Morgan fingerprint density at radius 3 is 2.63 bits per heavy atom. The molecule has 0 bridgehead atoms. The maximum absolute atomic E-state index is 14.5. The molecule has 0 spiro atoms. The molecule has 0 N–H and O–H groups in total. The fraction of sp³-hybridized carbons (Fsp3) is 0.593. The number of carbonyl (C=O) groups is 1. The molecule has 2 aliphatic rings. The number of rotatable bonds is 10. The summed E-state index contributed by atoms with van der Waals surface area (Å²) in [4.78, 5) is 24.9. The van der Waals surface area contributed by atoms with Gasteiger partial charge in [-0.15, -0.1) is 0 Å². The van der Waals surface area contributed by atoms with Crippen LogP contribution in [0.4, 0.5) is 10.3 Å². The second-order valence-electron chi connectivity index (χ2n) is 10.4. The van der Waals surface area contributed by atoms with Gasteiger partial charge in [-0.05, 0) is 61.0 Å². The summed E-state index contributed by atoms with van der Waals surface area (Å²) in [6.45, 7) is 7.33. The van der Waals surface area contributed by atoms with E-state index in [4.69, 9.17) is 16.3 Å². The molecule has 190 valence electrons. The van der Waals surface area contributed by atoms with E-state index in [-0.39, 0.29) is 18.1 Å². The van der Waals surface area contributed by atoms with Crippen LogP contribution in [0.25, 0.3) is 0 Å². The first-order valence-electron chi connectivity index (χ1n) is 12.7. The van der Waals surface area contributed by atoms with Crippen molar-refractivity contribution < 1.29 is 13.9 Å². The number of hydrogen-bond donors (Lipinski definition) is 0. The summed E-state index contributed by atoms with van der Waals surface area (Å²) < 4.78 is 20.4. The van der Waals surface area contributed by atoms with Crippen molar-refractivity contribution in [3.05, 3.63) is 47.0 Å². The van der Waals surface area contributed by atoms with Crippen LogP contribution in [0.3, 0.4) is 0 Å². The molecule has 35 heavy (non-hydrogen) atoms. The largest absolute Gasteiger partial charge is 0.493 e. The highest BCUT2D eigenvalue weighted by Crippen LogP contribution is 2.49. The van der Waals surface area contributed by atoms with Gasteiger partial charge in [-0.3, -0.25) is 4.79 Å². The van der Waals surface area contributed by atoms with Crippen molar-refractivity contribution >= 4 is 23.5 Å². The molecule has 1 aromatic carbocycles. The van der Waals surface area contributed by atoms with E-state index in [1.165, 1.54) is 12.5 Å². The summed E-state index contributed by atoms with van der Waals surface area (Å²) in [5.74, 6) is 3.42. The van der Waals surface area contributed by atoms with Gasteiger partial charge in [0.2, 0.25) is 11.9 Å². The van der Waals surface area contributed by atoms with E-state index in [1.54, 1.807) is 36.5 Å². The van der Waals surface area contributed by atoms with E-state index in [0.29, 0.717) is 41.3 Å². The third-order valence-electron chi connectivity index (χ3n) is 7.20. The number of benzene rings is 1. The minimum Gasteiger partial charge on any atom is -0.493 e. The molecular weight excluding hydrogens is 467 g/mol. The number of hydrogen-bond acceptors (Lipinski definition) is 5. The number of amides is 1. The highest BCUT2D eigenvalue weighted by atomic mass is 35.5. The third-order valence-corrected chi connectivity index (χ3v) is 7.40. The van der Waals surface area contributed by atoms with Gasteiger partial charge in [0.25, 0.3) is 0 Å². The quantitative estimate of drug-likeness (QED) is 0.444. The second-order valence-corrected chi connectivity index (χ2v) is 10.9. The lowest BCUT2D eigenvalue weighted by atomic mass is 9.90. The lowest BCUT2D eigenvalue weighted by molar-refractivity contribution is -0.129. The highest BCUT2D eigenvalue weighted by Gasteiger charge is 2.43. The number of piperidine rings is 1.